The molecule has 2 aliphatic rings. The van der Waals surface area contributed by atoms with E-state index in [1.54, 1.807) is 25.3 Å². The van der Waals surface area contributed by atoms with Gasteiger partial charge in [-0.05, 0) is 57.2 Å². The van der Waals surface area contributed by atoms with Crippen LogP contribution in [0.15, 0.2) is 30.5 Å². The number of nitrogens with zero attached hydrogens (tertiary/aromatic N) is 5. The number of piperidine rings is 1. The van der Waals surface area contributed by atoms with Crippen LogP contribution >= 0.6 is 11.6 Å². The van der Waals surface area contributed by atoms with Crippen LogP contribution in [0.3, 0.4) is 0 Å². The second-order valence-electron chi connectivity index (χ2n) is 8.67. The number of likely N-dealkylation sites (tertiary alicyclic amines) is 1. The standard InChI is InChI=1S/C24H28ClN5O2/c1-16-15-30-22(26-23(16)28-10-5-6-11-28)14-20(27-30)21-7-3-4-12-29(21)24(31)18-13-17(32-2)8-9-19(18)25/h8-9,13-15,21H,3-7,10-12H2,1-2H3/t21-/m0/s1. The fourth-order valence-corrected chi connectivity index (χ4v) is 5.06. The molecule has 0 unspecified atom stereocenters. The summed E-state index contributed by atoms with van der Waals surface area (Å²) < 4.78 is 7.15. The van der Waals surface area contributed by atoms with Gasteiger partial charge >= 0.3 is 0 Å². The van der Waals surface area contributed by atoms with Gasteiger partial charge in [0.25, 0.3) is 5.91 Å². The number of methoxy groups -OCH3 is 1. The number of carbonyl (C=O) groups excluding carboxylic acids is 1. The average Bonchev–Trinajstić information content (AvgIpc) is 3.48. The van der Waals surface area contributed by atoms with Crippen molar-refractivity contribution in [2.24, 2.45) is 0 Å². The maximum absolute atomic E-state index is 13.5. The third kappa shape index (κ3) is 3.79. The Labute approximate surface area is 192 Å². The normalized spacial score (nSPS) is 19.0. The van der Waals surface area contributed by atoms with Gasteiger partial charge in [0, 0.05) is 37.5 Å². The first-order valence-electron chi connectivity index (χ1n) is 11.3. The van der Waals surface area contributed by atoms with Gasteiger partial charge in [0.2, 0.25) is 0 Å². The number of hydrogen-bond donors (Lipinski definition) is 0. The van der Waals surface area contributed by atoms with E-state index in [0.29, 0.717) is 22.9 Å². The number of aromatic nitrogens is 3. The lowest BCUT2D eigenvalue weighted by molar-refractivity contribution is 0.0605. The van der Waals surface area contributed by atoms with Gasteiger partial charge in [0.15, 0.2) is 5.65 Å². The Bertz CT molecular complexity index is 1150. The number of rotatable bonds is 4. The zero-order valence-corrected chi connectivity index (χ0v) is 19.3. The molecule has 3 aromatic rings. The smallest absolute Gasteiger partial charge is 0.256 e. The highest BCUT2D eigenvalue weighted by atomic mass is 35.5. The van der Waals surface area contributed by atoms with Crippen molar-refractivity contribution in [1.29, 1.82) is 0 Å². The lowest BCUT2D eigenvalue weighted by Crippen LogP contribution is -2.38. The minimum Gasteiger partial charge on any atom is -0.497 e. The van der Waals surface area contributed by atoms with Crippen LogP contribution in [0.1, 0.15) is 59.8 Å². The summed E-state index contributed by atoms with van der Waals surface area (Å²) in [6.45, 7) is 4.87. The van der Waals surface area contributed by atoms with Crippen molar-refractivity contribution in [3.8, 4) is 5.75 Å². The summed E-state index contributed by atoms with van der Waals surface area (Å²) in [6.07, 6.45) is 7.36. The maximum atomic E-state index is 13.5. The average molecular weight is 454 g/mol. The maximum Gasteiger partial charge on any atom is 0.256 e. The molecule has 8 heteroatoms. The molecule has 0 N–H and O–H groups in total. The first-order valence-corrected chi connectivity index (χ1v) is 11.7. The highest BCUT2D eigenvalue weighted by molar-refractivity contribution is 6.33. The fraction of sp³-hybridized carbons (Fsp3) is 0.458. The highest BCUT2D eigenvalue weighted by Gasteiger charge is 2.32. The topological polar surface area (TPSA) is 63.0 Å². The quantitative estimate of drug-likeness (QED) is 0.574. The molecule has 4 heterocycles. The third-order valence-electron chi connectivity index (χ3n) is 6.54. The molecule has 1 atom stereocenters. The first kappa shape index (κ1) is 21.1. The van der Waals surface area contributed by atoms with E-state index in [-0.39, 0.29) is 11.9 Å². The largest absolute Gasteiger partial charge is 0.497 e. The van der Waals surface area contributed by atoms with E-state index in [1.807, 2.05) is 21.7 Å². The Hall–Kier alpha value is -2.80. The molecule has 168 valence electrons. The van der Waals surface area contributed by atoms with Crippen LogP contribution in [0.4, 0.5) is 5.82 Å². The summed E-state index contributed by atoms with van der Waals surface area (Å²) in [7, 11) is 1.59. The number of fused-ring (bicyclic) bond motifs is 1. The van der Waals surface area contributed by atoms with E-state index < -0.39 is 0 Å². The lowest BCUT2D eigenvalue weighted by Gasteiger charge is -2.35. The predicted molar refractivity (Wildman–Crippen MR) is 125 cm³/mol. The molecule has 0 aliphatic carbocycles. The monoisotopic (exact) mass is 453 g/mol. The van der Waals surface area contributed by atoms with Crippen molar-refractivity contribution in [2.45, 2.75) is 45.1 Å². The van der Waals surface area contributed by atoms with E-state index in [9.17, 15) is 4.79 Å². The summed E-state index contributed by atoms with van der Waals surface area (Å²) in [5, 5.41) is 5.26. The summed E-state index contributed by atoms with van der Waals surface area (Å²) in [6, 6.07) is 7.12. The van der Waals surface area contributed by atoms with Gasteiger partial charge in [-0.3, -0.25) is 4.79 Å². The van der Waals surface area contributed by atoms with Crippen LogP contribution in [0.5, 0.6) is 5.75 Å². The molecule has 1 aromatic carbocycles. The number of benzene rings is 1. The second-order valence-corrected chi connectivity index (χ2v) is 9.08. The van der Waals surface area contributed by atoms with Gasteiger partial charge in [0.1, 0.15) is 11.6 Å². The summed E-state index contributed by atoms with van der Waals surface area (Å²) in [5.41, 5.74) is 3.29. The lowest BCUT2D eigenvalue weighted by atomic mass is 9.98. The number of ether oxygens (including phenoxy) is 1. The number of carbonyl (C=O) groups is 1. The van der Waals surface area contributed by atoms with Crippen LogP contribution in [-0.4, -0.2) is 52.1 Å². The molecule has 7 nitrogen and oxygen atoms in total. The van der Waals surface area contributed by atoms with Crippen molar-refractivity contribution in [3.05, 3.63) is 52.3 Å². The van der Waals surface area contributed by atoms with Crippen LogP contribution < -0.4 is 9.64 Å². The van der Waals surface area contributed by atoms with Gasteiger partial charge in [-0.25, -0.2) is 9.50 Å². The van der Waals surface area contributed by atoms with E-state index >= 15 is 0 Å². The van der Waals surface area contributed by atoms with Crippen molar-refractivity contribution in [1.82, 2.24) is 19.5 Å². The number of halogens is 1. The first-order chi connectivity index (χ1) is 15.5. The highest BCUT2D eigenvalue weighted by Crippen LogP contribution is 2.34. The molecular formula is C24H28ClN5O2. The van der Waals surface area contributed by atoms with Crippen molar-refractivity contribution < 1.29 is 9.53 Å². The molecule has 2 aromatic heterocycles. The number of amides is 1. The van der Waals surface area contributed by atoms with E-state index in [1.165, 1.54) is 12.8 Å². The molecule has 2 aliphatic heterocycles. The Morgan fingerprint density at radius 1 is 1.12 bits per heavy atom. The molecule has 32 heavy (non-hydrogen) atoms. The molecule has 0 spiro atoms. The minimum absolute atomic E-state index is 0.0856. The van der Waals surface area contributed by atoms with Gasteiger partial charge in [0.05, 0.1) is 29.4 Å². The van der Waals surface area contributed by atoms with Crippen LogP contribution in [-0.2, 0) is 0 Å². The van der Waals surface area contributed by atoms with Crippen LogP contribution in [0.2, 0.25) is 5.02 Å². The molecule has 0 radical (unpaired) electrons. The summed E-state index contributed by atoms with van der Waals surface area (Å²) in [4.78, 5) is 22.7. The third-order valence-corrected chi connectivity index (χ3v) is 6.87. The van der Waals surface area contributed by atoms with Crippen LogP contribution in [0, 0.1) is 6.92 Å². The second kappa shape index (κ2) is 8.62. The zero-order chi connectivity index (χ0) is 22.2. The molecular weight excluding hydrogens is 426 g/mol. The fourth-order valence-electron chi connectivity index (χ4n) is 4.86. The van der Waals surface area contributed by atoms with Crippen molar-refractivity contribution in [3.63, 3.8) is 0 Å². The SMILES string of the molecule is COc1ccc(Cl)c(C(=O)N2CCCC[C@H]2c2cc3nc(N4CCCC4)c(C)cn3n2)c1. The summed E-state index contributed by atoms with van der Waals surface area (Å²) in [5.74, 6) is 1.58. The Morgan fingerprint density at radius 3 is 2.69 bits per heavy atom. The molecule has 2 saturated heterocycles. The van der Waals surface area contributed by atoms with E-state index in [4.69, 9.17) is 26.4 Å². The molecule has 0 bridgehead atoms. The Morgan fingerprint density at radius 2 is 1.91 bits per heavy atom. The van der Waals surface area contributed by atoms with Crippen LogP contribution in [0.25, 0.3) is 5.65 Å². The van der Waals surface area contributed by atoms with Crippen molar-refractivity contribution in [2.75, 3.05) is 31.6 Å². The van der Waals surface area contributed by atoms with E-state index in [2.05, 4.69) is 11.8 Å². The molecule has 5 rings (SSSR count). The number of anilines is 1. The Kier molecular flexibility index (Phi) is 5.67. The molecule has 2 fully saturated rings. The van der Waals surface area contributed by atoms with Gasteiger partial charge < -0.3 is 14.5 Å². The predicted octanol–water partition coefficient (Wildman–Crippen LogP) is 4.67. The van der Waals surface area contributed by atoms with Gasteiger partial charge in [-0.1, -0.05) is 11.6 Å². The molecule has 0 saturated carbocycles. The van der Waals surface area contributed by atoms with Crippen molar-refractivity contribution >= 4 is 29.0 Å². The van der Waals surface area contributed by atoms with Gasteiger partial charge in [-0.2, -0.15) is 5.10 Å². The van der Waals surface area contributed by atoms with E-state index in [0.717, 1.165) is 55.1 Å². The zero-order valence-electron chi connectivity index (χ0n) is 18.6. The number of aryl methyl sites for hydroxylation is 1. The minimum atomic E-state index is -0.101. The van der Waals surface area contributed by atoms with Gasteiger partial charge in [-0.15, -0.1) is 0 Å². The summed E-state index contributed by atoms with van der Waals surface area (Å²) >= 11 is 6.38. The number of hydrogen-bond acceptors (Lipinski definition) is 5. The molecule has 1 amide bonds. The Balaban J connectivity index is 1.49.